The summed E-state index contributed by atoms with van der Waals surface area (Å²) >= 11 is 0. The van der Waals surface area contributed by atoms with Gasteiger partial charge in [-0.15, -0.1) is 0 Å². The molecule has 24 heavy (non-hydrogen) atoms. The maximum Gasteiger partial charge on any atom is 0.251 e. The number of hydrogen-bond donors (Lipinski definition) is 2. The molecule has 0 atom stereocenters. The van der Waals surface area contributed by atoms with Crippen molar-refractivity contribution in [2.24, 2.45) is 0 Å². The van der Waals surface area contributed by atoms with Crippen molar-refractivity contribution in [2.75, 3.05) is 13.1 Å². The van der Waals surface area contributed by atoms with E-state index in [2.05, 4.69) is 10.6 Å². The summed E-state index contributed by atoms with van der Waals surface area (Å²) in [6.45, 7) is 1.77. The van der Waals surface area contributed by atoms with Gasteiger partial charge in [-0.2, -0.15) is 0 Å². The van der Waals surface area contributed by atoms with E-state index in [-0.39, 0.29) is 24.2 Å². The smallest absolute Gasteiger partial charge is 0.251 e. The number of nitrogens with one attached hydrogen (secondary N) is 2. The molecule has 2 amide bonds. The Hall–Kier alpha value is -2.83. The zero-order chi connectivity index (χ0) is 17.7. The Morgan fingerprint density at radius 1 is 0.792 bits per heavy atom. The molecule has 7 heteroatoms. The number of carbonyl (C=O) groups is 2. The highest BCUT2D eigenvalue weighted by Gasteiger charge is 2.10. The van der Waals surface area contributed by atoms with Gasteiger partial charge < -0.3 is 10.6 Å². The van der Waals surface area contributed by atoms with Crippen LogP contribution in [0.2, 0.25) is 0 Å². The molecule has 0 fully saturated rings. The maximum absolute atomic E-state index is 13.4. The number of rotatable bonds is 5. The number of aryl methyl sites for hydroxylation is 1. The van der Waals surface area contributed by atoms with Gasteiger partial charge in [-0.05, 0) is 42.8 Å². The number of benzene rings is 2. The fraction of sp³-hybridized carbons (Fsp3) is 0.176. The quantitative estimate of drug-likeness (QED) is 0.825. The number of halogens is 3. The van der Waals surface area contributed by atoms with Crippen LogP contribution in [0.1, 0.15) is 26.3 Å². The Labute approximate surface area is 136 Å². The van der Waals surface area contributed by atoms with Crippen LogP contribution in [0.4, 0.5) is 13.2 Å². The van der Waals surface area contributed by atoms with Crippen LogP contribution < -0.4 is 10.6 Å². The van der Waals surface area contributed by atoms with Crippen LogP contribution in [-0.4, -0.2) is 24.9 Å². The summed E-state index contributed by atoms with van der Waals surface area (Å²) in [5, 5.41) is 4.97. The molecule has 126 valence electrons. The SMILES string of the molecule is Cc1ccc(C(=O)NCCNC(=O)c2ccc(F)c(F)c2)cc1F. The zero-order valence-corrected chi connectivity index (χ0v) is 12.8. The van der Waals surface area contributed by atoms with Gasteiger partial charge in [0.2, 0.25) is 0 Å². The summed E-state index contributed by atoms with van der Waals surface area (Å²) < 4.78 is 39.2. The highest BCUT2D eigenvalue weighted by molar-refractivity contribution is 5.95. The third-order valence-electron chi connectivity index (χ3n) is 3.31. The molecule has 0 unspecified atom stereocenters. The highest BCUT2D eigenvalue weighted by Crippen LogP contribution is 2.09. The van der Waals surface area contributed by atoms with Crippen molar-refractivity contribution in [1.82, 2.24) is 10.6 Å². The van der Waals surface area contributed by atoms with E-state index in [0.29, 0.717) is 5.56 Å². The number of carbonyl (C=O) groups excluding carboxylic acids is 2. The monoisotopic (exact) mass is 336 g/mol. The minimum atomic E-state index is -1.11. The van der Waals surface area contributed by atoms with Crippen LogP contribution >= 0.6 is 0 Å². The Bertz CT molecular complexity index is 713. The van der Waals surface area contributed by atoms with Crippen molar-refractivity contribution in [3.05, 3.63) is 70.5 Å². The van der Waals surface area contributed by atoms with Gasteiger partial charge in [0.25, 0.3) is 11.8 Å². The van der Waals surface area contributed by atoms with Crippen LogP contribution in [0.25, 0.3) is 0 Å². The molecule has 0 aliphatic carbocycles. The molecule has 2 aromatic carbocycles. The largest absolute Gasteiger partial charge is 0.350 e. The molecule has 0 radical (unpaired) electrons. The lowest BCUT2D eigenvalue weighted by Crippen LogP contribution is -2.34. The van der Waals surface area contributed by atoms with Crippen LogP contribution in [0.15, 0.2) is 36.4 Å². The van der Waals surface area contributed by atoms with Gasteiger partial charge in [0.05, 0.1) is 0 Å². The topological polar surface area (TPSA) is 58.2 Å². The maximum atomic E-state index is 13.4. The van der Waals surface area contributed by atoms with Gasteiger partial charge in [0.15, 0.2) is 11.6 Å². The van der Waals surface area contributed by atoms with E-state index in [0.717, 1.165) is 24.3 Å². The van der Waals surface area contributed by atoms with Gasteiger partial charge in [-0.3, -0.25) is 9.59 Å². The predicted octanol–water partition coefficient (Wildman–Crippen LogP) is 2.57. The molecule has 0 bridgehead atoms. The second-order valence-corrected chi connectivity index (χ2v) is 5.10. The lowest BCUT2D eigenvalue weighted by molar-refractivity contribution is 0.0927. The van der Waals surface area contributed by atoms with Crippen molar-refractivity contribution in [1.29, 1.82) is 0 Å². The van der Waals surface area contributed by atoms with Gasteiger partial charge in [0, 0.05) is 24.2 Å². The van der Waals surface area contributed by atoms with Crippen LogP contribution in [0.3, 0.4) is 0 Å². The van der Waals surface area contributed by atoms with E-state index in [1.54, 1.807) is 6.92 Å². The Kier molecular flexibility index (Phi) is 5.57. The molecule has 0 spiro atoms. The lowest BCUT2D eigenvalue weighted by atomic mass is 10.1. The van der Waals surface area contributed by atoms with Crippen molar-refractivity contribution in [2.45, 2.75) is 6.92 Å². The first-order valence-electron chi connectivity index (χ1n) is 7.16. The molecule has 0 heterocycles. The highest BCUT2D eigenvalue weighted by atomic mass is 19.2. The average molecular weight is 336 g/mol. The first kappa shape index (κ1) is 17.5. The predicted molar refractivity (Wildman–Crippen MR) is 82.2 cm³/mol. The molecule has 0 aliphatic rings. The molecule has 4 nitrogen and oxygen atoms in total. The van der Waals surface area contributed by atoms with Gasteiger partial charge in [-0.25, -0.2) is 13.2 Å². The summed E-state index contributed by atoms with van der Waals surface area (Å²) in [4.78, 5) is 23.6. The number of hydrogen-bond acceptors (Lipinski definition) is 2. The van der Waals surface area contributed by atoms with E-state index in [4.69, 9.17) is 0 Å². The average Bonchev–Trinajstić information content (AvgIpc) is 2.56. The fourth-order valence-corrected chi connectivity index (χ4v) is 1.93. The second-order valence-electron chi connectivity index (χ2n) is 5.10. The third kappa shape index (κ3) is 4.34. The molecule has 0 aliphatic heterocycles. The third-order valence-corrected chi connectivity index (χ3v) is 3.31. The van der Waals surface area contributed by atoms with E-state index < -0.39 is 29.3 Å². The molecule has 2 N–H and O–H groups in total. The Balaban J connectivity index is 1.81. The summed E-state index contributed by atoms with van der Waals surface area (Å²) in [5.74, 6) is -3.70. The summed E-state index contributed by atoms with van der Waals surface area (Å²) in [6.07, 6.45) is 0. The van der Waals surface area contributed by atoms with Crippen molar-refractivity contribution < 1.29 is 22.8 Å². The molecule has 0 saturated heterocycles. The van der Waals surface area contributed by atoms with Crippen LogP contribution in [0, 0.1) is 24.4 Å². The summed E-state index contributed by atoms with van der Waals surface area (Å²) in [6, 6.07) is 6.92. The summed E-state index contributed by atoms with van der Waals surface area (Å²) in [7, 11) is 0. The lowest BCUT2D eigenvalue weighted by Gasteiger charge is -2.08. The molecule has 2 rings (SSSR count). The first-order chi connectivity index (χ1) is 11.4. The van der Waals surface area contributed by atoms with Crippen LogP contribution in [-0.2, 0) is 0 Å². The first-order valence-corrected chi connectivity index (χ1v) is 7.16. The fourth-order valence-electron chi connectivity index (χ4n) is 1.93. The van der Waals surface area contributed by atoms with E-state index in [1.807, 2.05) is 0 Å². The van der Waals surface area contributed by atoms with E-state index in [1.165, 1.54) is 12.1 Å². The number of amides is 2. The zero-order valence-electron chi connectivity index (χ0n) is 12.8. The molecular weight excluding hydrogens is 321 g/mol. The molecule has 2 aromatic rings. The van der Waals surface area contributed by atoms with Crippen molar-refractivity contribution in [3.63, 3.8) is 0 Å². The second kappa shape index (κ2) is 7.63. The Morgan fingerprint density at radius 2 is 1.29 bits per heavy atom. The van der Waals surface area contributed by atoms with Crippen LogP contribution in [0.5, 0.6) is 0 Å². The van der Waals surface area contributed by atoms with E-state index >= 15 is 0 Å². The van der Waals surface area contributed by atoms with Gasteiger partial charge in [0.1, 0.15) is 5.82 Å². The molecule has 0 saturated carbocycles. The van der Waals surface area contributed by atoms with E-state index in [9.17, 15) is 22.8 Å². The molecule has 0 aromatic heterocycles. The minimum absolute atomic E-state index is 0.0270. The standard InChI is InChI=1S/C17H15F3N2O2/c1-10-2-3-11(8-14(10)19)16(23)21-6-7-22-17(24)12-4-5-13(18)15(20)9-12/h2-5,8-9H,6-7H2,1H3,(H,21,23)(H,22,24). The molecular formula is C17H15F3N2O2. The van der Waals surface area contributed by atoms with Gasteiger partial charge in [-0.1, -0.05) is 6.07 Å². The Morgan fingerprint density at radius 3 is 1.79 bits per heavy atom. The van der Waals surface area contributed by atoms with Crippen molar-refractivity contribution >= 4 is 11.8 Å². The minimum Gasteiger partial charge on any atom is -0.350 e. The normalized spacial score (nSPS) is 10.3. The summed E-state index contributed by atoms with van der Waals surface area (Å²) in [5.41, 5.74) is 0.580. The van der Waals surface area contributed by atoms with Crippen molar-refractivity contribution in [3.8, 4) is 0 Å². The van der Waals surface area contributed by atoms with Gasteiger partial charge >= 0.3 is 0 Å².